The van der Waals surface area contributed by atoms with Crippen molar-refractivity contribution in [3.05, 3.63) is 54.0 Å². The van der Waals surface area contributed by atoms with E-state index in [0.29, 0.717) is 11.4 Å². The number of nitrogens with zero attached hydrogens (tertiary/aromatic N) is 3. The van der Waals surface area contributed by atoms with Crippen molar-refractivity contribution >= 4 is 17.7 Å². The van der Waals surface area contributed by atoms with Crippen molar-refractivity contribution in [1.29, 1.82) is 0 Å². The van der Waals surface area contributed by atoms with E-state index in [4.69, 9.17) is 5.11 Å². The second-order valence-electron chi connectivity index (χ2n) is 5.03. The fraction of sp³-hybridized carbons (Fsp3) is 0.250. The second-order valence-corrected chi connectivity index (χ2v) is 5.03. The zero-order valence-corrected chi connectivity index (χ0v) is 12.4. The van der Waals surface area contributed by atoms with Crippen LogP contribution < -0.4 is 4.90 Å². The van der Waals surface area contributed by atoms with Gasteiger partial charge in [-0.05, 0) is 30.7 Å². The number of carboxylic acid groups (broad SMARTS) is 1. The number of pyridine rings is 2. The largest absolute Gasteiger partial charge is 0.481 e. The lowest BCUT2D eigenvalue weighted by Crippen LogP contribution is -2.38. The molecule has 0 aliphatic heterocycles. The average molecular weight is 299 g/mol. The van der Waals surface area contributed by atoms with E-state index >= 15 is 0 Å². The van der Waals surface area contributed by atoms with Gasteiger partial charge in [-0.25, -0.2) is 4.98 Å². The third kappa shape index (κ3) is 3.46. The third-order valence-corrected chi connectivity index (χ3v) is 3.29. The van der Waals surface area contributed by atoms with Gasteiger partial charge in [-0.3, -0.25) is 19.5 Å². The third-order valence-electron chi connectivity index (χ3n) is 3.29. The summed E-state index contributed by atoms with van der Waals surface area (Å²) in [6, 6.07) is 6.80. The molecule has 0 aliphatic carbocycles. The highest BCUT2D eigenvalue weighted by Gasteiger charge is 2.25. The first kappa shape index (κ1) is 15.6. The average Bonchev–Trinajstić information content (AvgIpc) is 2.53. The van der Waals surface area contributed by atoms with E-state index in [2.05, 4.69) is 9.97 Å². The minimum absolute atomic E-state index is 0.0499. The van der Waals surface area contributed by atoms with Crippen LogP contribution in [-0.2, 0) is 4.79 Å². The molecule has 22 heavy (non-hydrogen) atoms. The predicted molar refractivity (Wildman–Crippen MR) is 81.7 cm³/mol. The van der Waals surface area contributed by atoms with E-state index in [-0.39, 0.29) is 12.5 Å². The summed E-state index contributed by atoms with van der Waals surface area (Å²) in [5, 5.41) is 9.13. The Morgan fingerprint density at radius 2 is 1.91 bits per heavy atom. The van der Waals surface area contributed by atoms with E-state index in [1.165, 1.54) is 17.3 Å². The van der Waals surface area contributed by atoms with Crippen molar-refractivity contribution in [3.63, 3.8) is 0 Å². The Hall–Kier alpha value is -2.76. The van der Waals surface area contributed by atoms with Crippen LogP contribution in [0.4, 0.5) is 5.82 Å². The Morgan fingerprint density at radius 3 is 2.50 bits per heavy atom. The maximum absolute atomic E-state index is 12.7. The molecule has 2 heterocycles. The van der Waals surface area contributed by atoms with Gasteiger partial charge in [0, 0.05) is 30.7 Å². The number of carbonyl (C=O) groups excluding carboxylic acids is 1. The van der Waals surface area contributed by atoms with Crippen molar-refractivity contribution in [1.82, 2.24) is 9.97 Å². The number of carbonyl (C=O) groups is 2. The molecule has 1 unspecified atom stereocenters. The van der Waals surface area contributed by atoms with Gasteiger partial charge in [-0.2, -0.15) is 0 Å². The summed E-state index contributed by atoms with van der Waals surface area (Å²) in [4.78, 5) is 33.4. The van der Waals surface area contributed by atoms with E-state index in [9.17, 15) is 9.59 Å². The van der Waals surface area contributed by atoms with Crippen LogP contribution >= 0.6 is 0 Å². The van der Waals surface area contributed by atoms with Crippen LogP contribution in [0.15, 0.2) is 42.9 Å². The molecular formula is C16H17N3O3. The van der Waals surface area contributed by atoms with Gasteiger partial charge in [0.2, 0.25) is 0 Å². The fourth-order valence-corrected chi connectivity index (χ4v) is 2.03. The SMILES string of the molecule is Cc1cccnc1N(CC(C)C(=O)O)C(=O)c1ccncc1. The van der Waals surface area contributed by atoms with Gasteiger partial charge in [-0.15, -0.1) is 0 Å². The van der Waals surface area contributed by atoms with Crippen LogP contribution in [0.5, 0.6) is 0 Å². The standard InChI is InChI=1S/C16H17N3O3/c1-11-4-3-7-18-14(11)19(10-12(2)16(21)22)15(20)13-5-8-17-9-6-13/h3-9,12H,10H2,1-2H3,(H,21,22). The summed E-state index contributed by atoms with van der Waals surface area (Å²) < 4.78 is 0. The number of aryl methyl sites for hydroxylation is 1. The Labute approximate surface area is 128 Å². The number of aromatic nitrogens is 2. The zero-order chi connectivity index (χ0) is 16.1. The molecule has 2 aromatic heterocycles. The van der Waals surface area contributed by atoms with Crippen LogP contribution in [0, 0.1) is 12.8 Å². The molecule has 6 heteroatoms. The van der Waals surface area contributed by atoms with Gasteiger partial charge in [-0.1, -0.05) is 13.0 Å². The highest BCUT2D eigenvalue weighted by Crippen LogP contribution is 2.20. The molecule has 0 spiro atoms. The topological polar surface area (TPSA) is 83.4 Å². The summed E-state index contributed by atoms with van der Waals surface area (Å²) in [7, 11) is 0. The smallest absolute Gasteiger partial charge is 0.308 e. The first-order chi connectivity index (χ1) is 10.5. The molecule has 6 nitrogen and oxygen atoms in total. The summed E-state index contributed by atoms with van der Waals surface area (Å²) in [5.74, 6) is -1.48. The summed E-state index contributed by atoms with van der Waals surface area (Å²) in [6.45, 7) is 3.45. The number of rotatable bonds is 5. The van der Waals surface area contributed by atoms with E-state index in [0.717, 1.165) is 5.56 Å². The van der Waals surface area contributed by atoms with Crippen molar-refractivity contribution in [2.75, 3.05) is 11.4 Å². The molecule has 114 valence electrons. The van der Waals surface area contributed by atoms with Gasteiger partial charge < -0.3 is 5.11 Å². The number of hydrogen-bond acceptors (Lipinski definition) is 4. The highest BCUT2D eigenvalue weighted by molar-refractivity contribution is 6.06. The first-order valence-electron chi connectivity index (χ1n) is 6.87. The van der Waals surface area contributed by atoms with Crippen LogP contribution in [-0.4, -0.2) is 33.5 Å². The van der Waals surface area contributed by atoms with Gasteiger partial charge >= 0.3 is 5.97 Å². The van der Waals surface area contributed by atoms with Crippen molar-refractivity contribution < 1.29 is 14.7 Å². The Bertz CT molecular complexity index is 673. The molecule has 0 bridgehead atoms. The van der Waals surface area contributed by atoms with Crippen LogP contribution in [0.25, 0.3) is 0 Å². The highest BCUT2D eigenvalue weighted by atomic mass is 16.4. The molecule has 2 aromatic rings. The zero-order valence-electron chi connectivity index (χ0n) is 12.4. The van der Waals surface area contributed by atoms with Crippen LogP contribution in [0.3, 0.4) is 0 Å². The van der Waals surface area contributed by atoms with Crippen LogP contribution in [0.2, 0.25) is 0 Å². The molecule has 1 atom stereocenters. The Balaban J connectivity index is 2.40. The van der Waals surface area contributed by atoms with Crippen molar-refractivity contribution in [3.8, 4) is 0 Å². The second kappa shape index (κ2) is 6.80. The minimum atomic E-state index is -0.957. The first-order valence-corrected chi connectivity index (χ1v) is 6.87. The summed E-state index contributed by atoms with van der Waals surface area (Å²) >= 11 is 0. The van der Waals surface area contributed by atoms with Gasteiger partial charge in [0.15, 0.2) is 0 Å². The summed E-state index contributed by atoms with van der Waals surface area (Å²) in [5.41, 5.74) is 1.25. The molecule has 0 aromatic carbocycles. The predicted octanol–water partition coefficient (Wildman–Crippen LogP) is 2.15. The molecule has 2 rings (SSSR count). The lowest BCUT2D eigenvalue weighted by Gasteiger charge is -2.25. The Morgan fingerprint density at radius 1 is 1.23 bits per heavy atom. The maximum Gasteiger partial charge on any atom is 0.308 e. The molecule has 0 aliphatic rings. The van der Waals surface area contributed by atoms with Crippen molar-refractivity contribution in [2.24, 2.45) is 5.92 Å². The van der Waals surface area contributed by atoms with Gasteiger partial charge in [0.1, 0.15) is 5.82 Å². The Kier molecular flexibility index (Phi) is 4.83. The quantitative estimate of drug-likeness (QED) is 0.914. The van der Waals surface area contributed by atoms with Gasteiger partial charge in [0.05, 0.1) is 5.92 Å². The lowest BCUT2D eigenvalue weighted by molar-refractivity contribution is -0.140. The summed E-state index contributed by atoms with van der Waals surface area (Å²) in [6.07, 6.45) is 4.63. The van der Waals surface area contributed by atoms with E-state index in [1.807, 2.05) is 13.0 Å². The fourth-order valence-electron chi connectivity index (χ4n) is 2.03. The molecule has 0 saturated heterocycles. The number of hydrogen-bond donors (Lipinski definition) is 1. The van der Waals surface area contributed by atoms with Gasteiger partial charge in [0.25, 0.3) is 5.91 Å². The van der Waals surface area contributed by atoms with E-state index in [1.54, 1.807) is 31.3 Å². The maximum atomic E-state index is 12.7. The monoisotopic (exact) mass is 299 g/mol. The van der Waals surface area contributed by atoms with E-state index < -0.39 is 11.9 Å². The number of amides is 1. The molecule has 0 saturated carbocycles. The molecule has 0 fully saturated rings. The van der Waals surface area contributed by atoms with Crippen molar-refractivity contribution in [2.45, 2.75) is 13.8 Å². The number of carboxylic acids is 1. The normalized spacial score (nSPS) is 11.7. The lowest BCUT2D eigenvalue weighted by atomic mass is 10.1. The number of anilines is 1. The minimum Gasteiger partial charge on any atom is -0.481 e. The number of aliphatic carboxylic acids is 1. The molecule has 1 N–H and O–H groups in total. The molecule has 0 radical (unpaired) electrons. The molecular weight excluding hydrogens is 282 g/mol. The van der Waals surface area contributed by atoms with Crippen LogP contribution in [0.1, 0.15) is 22.8 Å². The molecule has 1 amide bonds.